The topological polar surface area (TPSA) is 61.0 Å². The summed E-state index contributed by atoms with van der Waals surface area (Å²) in [4.78, 5) is 21.8. The molecule has 2 aliphatic rings. The van der Waals surface area contributed by atoms with Gasteiger partial charge in [-0.1, -0.05) is 0 Å². The first-order valence-corrected chi connectivity index (χ1v) is 7.14. The van der Waals surface area contributed by atoms with Crippen molar-refractivity contribution in [1.29, 1.82) is 0 Å². The van der Waals surface area contributed by atoms with Crippen LogP contribution < -0.4 is 5.32 Å². The Bertz CT molecular complexity index is 423. The van der Waals surface area contributed by atoms with E-state index >= 15 is 0 Å². The fourth-order valence-electron chi connectivity index (χ4n) is 2.39. The number of thioether (sulfide) groups is 1. The van der Waals surface area contributed by atoms with Gasteiger partial charge in [0, 0.05) is 43.3 Å². The average molecular weight is 325 g/mol. The van der Waals surface area contributed by atoms with Gasteiger partial charge in [0.05, 0.1) is 12.0 Å². The minimum absolute atomic E-state index is 0. The van der Waals surface area contributed by atoms with Gasteiger partial charge in [-0.2, -0.15) is 11.8 Å². The number of halogens is 2. The highest BCUT2D eigenvalue weighted by molar-refractivity contribution is 7.99. The van der Waals surface area contributed by atoms with E-state index in [9.17, 15) is 4.79 Å². The van der Waals surface area contributed by atoms with E-state index in [4.69, 9.17) is 0 Å². The number of aromatic amines is 1. The standard InChI is InChI=1S/C11H16N4OS.2ClH/c16-11(15-3-5-17-6-4-15)10-9-8(1-2-12-10)13-7-14-9;;/h7,10,12H,1-6H2,(H,13,14);2*1H. The number of amides is 1. The number of imidazole rings is 1. The van der Waals surface area contributed by atoms with E-state index in [0.29, 0.717) is 0 Å². The normalized spacial score (nSPS) is 21.9. The average Bonchev–Trinajstić information content (AvgIpc) is 2.87. The van der Waals surface area contributed by atoms with Crippen LogP contribution in [0, 0.1) is 0 Å². The summed E-state index contributed by atoms with van der Waals surface area (Å²) >= 11 is 1.91. The van der Waals surface area contributed by atoms with Crippen molar-refractivity contribution in [3.63, 3.8) is 0 Å². The molecule has 0 aliphatic carbocycles. The maximum absolute atomic E-state index is 12.4. The van der Waals surface area contributed by atoms with Crippen LogP contribution in [-0.4, -0.2) is 51.9 Å². The Morgan fingerprint density at radius 1 is 1.37 bits per heavy atom. The molecule has 0 spiro atoms. The molecule has 1 atom stereocenters. The molecule has 2 aliphatic heterocycles. The summed E-state index contributed by atoms with van der Waals surface area (Å²) in [5, 5.41) is 3.28. The van der Waals surface area contributed by atoms with Crippen molar-refractivity contribution in [3.8, 4) is 0 Å². The maximum Gasteiger partial charge on any atom is 0.246 e. The van der Waals surface area contributed by atoms with Crippen LogP contribution in [0.4, 0.5) is 0 Å². The van der Waals surface area contributed by atoms with Gasteiger partial charge in [0.25, 0.3) is 0 Å². The van der Waals surface area contributed by atoms with Crippen LogP contribution in [0.25, 0.3) is 0 Å². The van der Waals surface area contributed by atoms with Crippen LogP contribution in [0.15, 0.2) is 6.33 Å². The highest BCUT2D eigenvalue weighted by Crippen LogP contribution is 2.22. The number of carbonyl (C=O) groups is 1. The van der Waals surface area contributed by atoms with Crippen molar-refractivity contribution in [1.82, 2.24) is 20.2 Å². The molecule has 1 aromatic heterocycles. The van der Waals surface area contributed by atoms with Gasteiger partial charge in [0.2, 0.25) is 5.91 Å². The van der Waals surface area contributed by atoms with Crippen LogP contribution in [-0.2, 0) is 11.2 Å². The Balaban J connectivity index is 0.000000902. The minimum Gasteiger partial charge on any atom is -0.348 e. The van der Waals surface area contributed by atoms with Crippen molar-refractivity contribution in [2.75, 3.05) is 31.1 Å². The lowest BCUT2D eigenvalue weighted by Crippen LogP contribution is -2.46. The molecule has 1 fully saturated rings. The van der Waals surface area contributed by atoms with Gasteiger partial charge < -0.3 is 15.2 Å². The SMILES string of the molecule is Cl.Cl.O=C(C1NCCc2[nH]cnc21)N1CCSCC1. The Labute approximate surface area is 129 Å². The van der Waals surface area contributed by atoms with Crippen molar-refractivity contribution in [2.45, 2.75) is 12.5 Å². The molecule has 2 N–H and O–H groups in total. The lowest BCUT2D eigenvalue weighted by molar-refractivity contribution is -0.133. The summed E-state index contributed by atoms with van der Waals surface area (Å²) in [6.45, 7) is 2.57. The number of nitrogens with one attached hydrogen (secondary N) is 2. The van der Waals surface area contributed by atoms with Gasteiger partial charge in [0.15, 0.2) is 0 Å². The smallest absolute Gasteiger partial charge is 0.246 e. The van der Waals surface area contributed by atoms with Crippen molar-refractivity contribution in [2.24, 2.45) is 0 Å². The molecule has 1 saturated heterocycles. The van der Waals surface area contributed by atoms with E-state index in [1.807, 2.05) is 16.7 Å². The zero-order chi connectivity index (χ0) is 11.7. The molecular formula is C11H18Cl2N4OS. The Morgan fingerprint density at radius 2 is 2.11 bits per heavy atom. The van der Waals surface area contributed by atoms with E-state index in [1.165, 1.54) is 0 Å². The maximum atomic E-state index is 12.4. The highest BCUT2D eigenvalue weighted by Gasteiger charge is 2.32. The summed E-state index contributed by atoms with van der Waals surface area (Å²) in [7, 11) is 0. The molecule has 0 bridgehead atoms. The van der Waals surface area contributed by atoms with Gasteiger partial charge in [-0.15, -0.1) is 24.8 Å². The number of rotatable bonds is 1. The zero-order valence-corrected chi connectivity index (χ0v) is 12.9. The zero-order valence-electron chi connectivity index (χ0n) is 10.4. The van der Waals surface area contributed by atoms with E-state index in [2.05, 4.69) is 15.3 Å². The predicted octanol–water partition coefficient (Wildman–Crippen LogP) is 1.02. The summed E-state index contributed by atoms with van der Waals surface area (Å²) in [5.41, 5.74) is 1.99. The number of hydrogen-bond acceptors (Lipinski definition) is 4. The van der Waals surface area contributed by atoms with Gasteiger partial charge in [-0.05, 0) is 0 Å². The molecule has 8 heteroatoms. The first-order chi connectivity index (χ1) is 8.36. The van der Waals surface area contributed by atoms with Crippen molar-refractivity contribution in [3.05, 3.63) is 17.7 Å². The van der Waals surface area contributed by atoms with Crippen LogP contribution in [0.2, 0.25) is 0 Å². The van der Waals surface area contributed by atoms with Gasteiger partial charge in [-0.25, -0.2) is 4.98 Å². The molecule has 5 nitrogen and oxygen atoms in total. The van der Waals surface area contributed by atoms with Crippen LogP contribution in [0.3, 0.4) is 0 Å². The number of nitrogens with zero attached hydrogens (tertiary/aromatic N) is 2. The Hall–Kier alpha value is -0.430. The highest BCUT2D eigenvalue weighted by atomic mass is 35.5. The minimum atomic E-state index is -0.243. The number of fused-ring (bicyclic) bond motifs is 1. The quantitative estimate of drug-likeness (QED) is 0.809. The molecule has 0 saturated carbocycles. The first-order valence-electron chi connectivity index (χ1n) is 5.98. The molecule has 1 unspecified atom stereocenters. The number of aromatic nitrogens is 2. The van der Waals surface area contributed by atoms with Gasteiger partial charge in [0.1, 0.15) is 6.04 Å². The largest absolute Gasteiger partial charge is 0.348 e. The molecular weight excluding hydrogens is 307 g/mol. The predicted molar refractivity (Wildman–Crippen MR) is 81.4 cm³/mol. The summed E-state index contributed by atoms with van der Waals surface area (Å²) in [6.07, 6.45) is 2.61. The van der Waals surface area contributed by atoms with E-state index in [-0.39, 0.29) is 36.8 Å². The number of H-pyrrole nitrogens is 1. The third-order valence-corrected chi connectivity index (χ3v) is 4.26. The van der Waals surface area contributed by atoms with E-state index < -0.39 is 0 Å². The van der Waals surface area contributed by atoms with Crippen molar-refractivity contribution < 1.29 is 4.79 Å². The van der Waals surface area contributed by atoms with E-state index in [1.54, 1.807) is 6.33 Å². The van der Waals surface area contributed by atoms with E-state index in [0.717, 1.165) is 48.9 Å². The molecule has 108 valence electrons. The molecule has 3 rings (SSSR count). The summed E-state index contributed by atoms with van der Waals surface area (Å²) < 4.78 is 0. The number of carbonyl (C=O) groups excluding carboxylic acids is 1. The summed E-state index contributed by atoms with van der Waals surface area (Å²) in [6, 6.07) is -0.243. The Kier molecular flexibility index (Phi) is 6.46. The lowest BCUT2D eigenvalue weighted by atomic mass is 10.0. The second kappa shape index (κ2) is 7.38. The molecule has 19 heavy (non-hydrogen) atoms. The molecule has 0 radical (unpaired) electrons. The van der Waals surface area contributed by atoms with Crippen LogP contribution >= 0.6 is 36.6 Å². The van der Waals surface area contributed by atoms with Gasteiger partial charge >= 0.3 is 0 Å². The molecule has 1 amide bonds. The Morgan fingerprint density at radius 3 is 2.84 bits per heavy atom. The molecule has 0 aromatic carbocycles. The van der Waals surface area contributed by atoms with Crippen LogP contribution in [0.1, 0.15) is 17.4 Å². The van der Waals surface area contributed by atoms with Crippen LogP contribution in [0.5, 0.6) is 0 Å². The second-order valence-corrected chi connectivity index (χ2v) is 5.57. The lowest BCUT2D eigenvalue weighted by Gasteiger charge is -2.31. The third kappa shape index (κ3) is 3.37. The second-order valence-electron chi connectivity index (χ2n) is 4.34. The fourth-order valence-corrected chi connectivity index (χ4v) is 3.29. The molecule has 3 heterocycles. The van der Waals surface area contributed by atoms with Crippen molar-refractivity contribution >= 4 is 42.5 Å². The monoisotopic (exact) mass is 324 g/mol. The van der Waals surface area contributed by atoms with Gasteiger partial charge in [-0.3, -0.25) is 4.79 Å². The first kappa shape index (κ1) is 16.6. The summed E-state index contributed by atoms with van der Waals surface area (Å²) in [5.74, 6) is 2.27. The number of hydrogen-bond donors (Lipinski definition) is 2. The fraction of sp³-hybridized carbons (Fsp3) is 0.636. The third-order valence-electron chi connectivity index (χ3n) is 3.32. The molecule has 1 aromatic rings.